The fraction of sp³-hybridized carbons (Fsp3) is 0.333. The van der Waals surface area contributed by atoms with E-state index >= 15 is 0 Å². The zero-order valence-corrected chi connectivity index (χ0v) is 12.7. The van der Waals surface area contributed by atoms with Crippen molar-refractivity contribution in [2.24, 2.45) is 7.05 Å². The second-order valence-corrected chi connectivity index (χ2v) is 6.26. The number of H-pyrrole nitrogens is 1. The first-order chi connectivity index (χ1) is 9.84. The van der Waals surface area contributed by atoms with E-state index in [1.807, 2.05) is 35.9 Å². The number of nitrogens with two attached hydrogens (primary N) is 1. The van der Waals surface area contributed by atoms with Crippen LogP contribution in [0.15, 0.2) is 28.8 Å². The Bertz CT molecular complexity index is 794. The van der Waals surface area contributed by atoms with E-state index in [1.54, 1.807) is 0 Å². The van der Waals surface area contributed by atoms with Gasteiger partial charge in [0.15, 0.2) is 0 Å². The summed E-state index contributed by atoms with van der Waals surface area (Å²) < 4.78 is 7.39. The lowest BCUT2D eigenvalue weighted by atomic mass is 9.93. The molecule has 3 aromatic rings. The number of hydrogen-bond acceptors (Lipinski definition) is 4. The highest BCUT2D eigenvalue weighted by Gasteiger charge is 2.22. The van der Waals surface area contributed by atoms with E-state index in [1.165, 1.54) is 0 Å². The molecule has 6 heteroatoms. The molecule has 0 aliphatic rings. The molecule has 0 saturated heterocycles. The molecule has 0 bridgehead atoms. The summed E-state index contributed by atoms with van der Waals surface area (Å²) in [5.74, 6) is 2.34. The first-order valence-electron chi connectivity index (χ1n) is 6.86. The highest BCUT2D eigenvalue weighted by atomic mass is 16.5. The molecule has 1 aromatic carbocycles. The van der Waals surface area contributed by atoms with Crippen LogP contribution in [0.2, 0.25) is 0 Å². The Morgan fingerprint density at radius 2 is 2.05 bits per heavy atom. The molecule has 0 aliphatic heterocycles. The number of benzene rings is 1. The van der Waals surface area contributed by atoms with Crippen LogP contribution >= 0.6 is 0 Å². The molecule has 110 valence electrons. The minimum atomic E-state index is -0.0655. The van der Waals surface area contributed by atoms with E-state index in [-0.39, 0.29) is 5.41 Å². The van der Waals surface area contributed by atoms with Gasteiger partial charge in [-0.2, -0.15) is 0 Å². The maximum atomic E-state index is 5.81. The monoisotopic (exact) mass is 286 g/mol. The predicted octanol–water partition coefficient (Wildman–Crippen LogP) is 2.60. The van der Waals surface area contributed by atoms with Crippen molar-refractivity contribution in [3.05, 3.63) is 30.0 Å². The number of rotatable bonds is 2. The van der Waals surface area contributed by atoms with Gasteiger partial charge in [0.25, 0.3) is 0 Å². The molecule has 0 aliphatic carbocycles. The third-order valence-electron chi connectivity index (χ3n) is 3.47. The van der Waals surface area contributed by atoms with Crippen molar-refractivity contribution >= 4 is 28.5 Å². The number of imidazole rings is 1. The molecule has 0 amide bonds. The summed E-state index contributed by atoms with van der Waals surface area (Å²) in [7, 11) is 1.97. The van der Waals surface area contributed by atoms with E-state index in [9.17, 15) is 0 Å². The van der Waals surface area contributed by atoms with Crippen molar-refractivity contribution in [3.8, 4) is 0 Å². The van der Waals surface area contributed by atoms with E-state index in [0.29, 0.717) is 5.82 Å². The number of hydrogen-bond donors (Lipinski definition) is 3. The highest BCUT2D eigenvalue weighted by Crippen LogP contribution is 2.25. The second-order valence-electron chi connectivity index (χ2n) is 6.26. The lowest BCUT2D eigenvalue weighted by Crippen LogP contribution is -2.29. The Balaban J connectivity index is 1.95. The van der Waals surface area contributed by atoms with Crippen LogP contribution in [0.25, 0.3) is 11.0 Å². The minimum absolute atomic E-state index is 0.0655. The summed E-state index contributed by atoms with van der Waals surface area (Å²) in [6.45, 7) is 6.26. The smallest absolute Gasteiger partial charge is 0.362 e. The van der Waals surface area contributed by atoms with Gasteiger partial charge in [-0.3, -0.25) is 0 Å². The first-order valence-corrected chi connectivity index (χ1v) is 6.86. The Labute approximate surface area is 122 Å². The van der Waals surface area contributed by atoms with Crippen molar-refractivity contribution in [2.45, 2.75) is 26.2 Å². The molecule has 0 fully saturated rings. The molecule has 4 N–H and O–H groups in total. The molecule has 0 saturated carbocycles. The molecule has 3 rings (SSSR count). The molecular weight excluding hydrogens is 266 g/mol. The topological polar surface area (TPSA) is 83.8 Å². The van der Waals surface area contributed by atoms with Crippen molar-refractivity contribution in [2.75, 3.05) is 11.1 Å². The van der Waals surface area contributed by atoms with Gasteiger partial charge in [0.05, 0.1) is 7.05 Å². The lowest BCUT2D eigenvalue weighted by molar-refractivity contribution is -0.629. The number of nitrogens with zero attached hydrogens (tertiary/aromatic N) is 2. The van der Waals surface area contributed by atoms with Gasteiger partial charge in [0.2, 0.25) is 5.82 Å². The summed E-state index contributed by atoms with van der Waals surface area (Å²) in [4.78, 5) is 3.29. The van der Waals surface area contributed by atoms with Gasteiger partial charge in [-0.25, -0.2) is 14.9 Å². The predicted molar refractivity (Wildman–Crippen MR) is 82.4 cm³/mol. The van der Waals surface area contributed by atoms with Gasteiger partial charge in [-0.05, 0) is 17.3 Å². The van der Waals surface area contributed by atoms with E-state index in [0.717, 1.165) is 28.4 Å². The van der Waals surface area contributed by atoms with Crippen LogP contribution in [0.5, 0.6) is 0 Å². The van der Waals surface area contributed by atoms with Crippen LogP contribution in [0.3, 0.4) is 0 Å². The minimum Gasteiger partial charge on any atom is -0.399 e. The molecule has 21 heavy (non-hydrogen) atoms. The summed E-state index contributed by atoms with van der Waals surface area (Å²) in [5, 5.41) is 7.30. The van der Waals surface area contributed by atoms with Gasteiger partial charge >= 0.3 is 5.95 Å². The van der Waals surface area contributed by atoms with Gasteiger partial charge in [0, 0.05) is 23.2 Å². The highest BCUT2D eigenvalue weighted by molar-refractivity contribution is 5.77. The number of aromatic amines is 1. The lowest BCUT2D eigenvalue weighted by Gasteiger charge is -2.11. The fourth-order valence-electron chi connectivity index (χ4n) is 2.20. The third kappa shape index (κ3) is 2.44. The number of aryl methyl sites for hydroxylation is 1. The molecule has 0 unspecified atom stereocenters. The van der Waals surface area contributed by atoms with Gasteiger partial charge < -0.3 is 10.3 Å². The van der Waals surface area contributed by atoms with Crippen LogP contribution < -0.4 is 15.6 Å². The molecule has 2 heterocycles. The number of nitrogen functional groups attached to an aromatic ring is 1. The maximum absolute atomic E-state index is 5.81. The molecule has 0 spiro atoms. The first kappa shape index (κ1) is 13.5. The van der Waals surface area contributed by atoms with Crippen molar-refractivity contribution in [3.63, 3.8) is 0 Å². The number of fused-ring (bicyclic) bond motifs is 1. The fourth-order valence-corrected chi connectivity index (χ4v) is 2.20. The van der Waals surface area contributed by atoms with Gasteiger partial charge in [0.1, 0.15) is 16.8 Å². The summed E-state index contributed by atoms with van der Waals surface area (Å²) >= 11 is 0. The Hall–Kier alpha value is -2.50. The van der Waals surface area contributed by atoms with E-state index < -0.39 is 0 Å². The summed E-state index contributed by atoms with van der Waals surface area (Å²) in [6.07, 6.45) is 0. The van der Waals surface area contributed by atoms with Crippen LogP contribution in [0.1, 0.15) is 26.5 Å². The molecule has 0 atom stereocenters. The standard InChI is InChI=1S/C15H19N5O/c1-15(2,3)12-8-13(19-21-12)18-14-17-10-7-9(16)5-6-11(10)20(14)4/h5-8H,16H2,1-4H3,(H,17,18,19)/p+1. The quantitative estimate of drug-likeness (QED) is 0.499. The summed E-state index contributed by atoms with van der Waals surface area (Å²) in [5.41, 5.74) is 8.51. The van der Waals surface area contributed by atoms with Crippen LogP contribution in [-0.4, -0.2) is 10.1 Å². The van der Waals surface area contributed by atoms with Gasteiger partial charge in [-0.1, -0.05) is 20.8 Å². The zero-order valence-electron chi connectivity index (χ0n) is 12.7. The van der Waals surface area contributed by atoms with Crippen molar-refractivity contribution in [1.29, 1.82) is 0 Å². The number of nitrogens with one attached hydrogen (secondary N) is 2. The average molecular weight is 286 g/mol. The molecule has 0 radical (unpaired) electrons. The van der Waals surface area contributed by atoms with Crippen LogP contribution in [0, 0.1) is 0 Å². The van der Waals surface area contributed by atoms with Crippen molar-refractivity contribution in [1.82, 2.24) is 10.1 Å². The van der Waals surface area contributed by atoms with Crippen LogP contribution in [-0.2, 0) is 12.5 Å². The largest absolute Gasteiger partial charge is 0.399 e. The second kappa shape index (κ2) is 4.51. The SMILES string of the molecule is C[n+]1c(Nc2cc(C(C)(C)C)on2)[nH]c2cc(N)ccc21. The summed E-state index contributed by atoms with van der Waals surface area (Å²) in [6, 6.07) is 7.69. The molecular formula is C15H20N5O+. The normalized spacial score (nSPS) is 12.0. The van der Waals surface area contributed by atoms with E-state index in [4.69, 9.17) is 10.3 Å². The molecule has 2 aromatic heterocycles. The van der Waals surface area contributed by atoms with Crippen LogP contribution in [0.4, 0.5) is 17.5 Å². The molecule has 6 nitrogen and oxygen atoms in total. The third-order valence-corrected chi connectivity index (χ3v) is 3.47. The van der Waals surface area contributed by atoms with Crippen molar-refractivity contribution < 1.29 is 9.09 Å². The number of aromatic nitrogens is 3. The Kier molecular flexibility index (Phi) is 2.90. The maximum Gasteiger partial charge on any atom is 0.362 e. The van der Waals surface area contributed by atoms with Gasteiger partial charge in [-0.15, -0.1) is 0 Å². The Morgan fingerprint density at radius 3 is 2.71 bits per heavy atom. The zero-order chi connectivity index (χ0) is 15.2. The number of anilines is 3. The average Bonchev–Trinajstić information content (AvgIpc) is 2.96. The van der Waals surface area contributed by atoms with E-state index in [2.05, 4.69) is 36.2 Å². The Morgan fingerprint density at radius 1 is 1.29 bits per heavy atom.